The van der Waals surface area contributed by atoms with Gasteiger partial charge in [0.2, 0.25) is 0 Å². The summed E-state index contributed by atoms with van der Waals surface area (Å²) < 4.78 is 0. The van der Waals surface area contributed by atoms with Crippen molar-refractivity contribution in [3.05, 3.63) is 169 Å². The van der Waals surface area contributed by atoms with Gasteiger partial charge in [0.05, 0.1) is 0 Å². The quantitative estimate of drug-likeness (QED) is 0.0349. The van der Waals surface area contributed by atoms with Crippen molar-refractivity contribution in [2.24, 2.45) is 0 Å². The molecule has 91 heavy (non-hydrogen) atoms. The molecular formula is C80H119N5O5S. The van der Waals surface area contributed by atoms with Gasteiger partial charge >= 0.3 is 0 Å². The second-order valence-electron chi connectivity index (χ2n) is 26.6. The Bertz CT molecular complexity index is 2990. The van der Waals surface area contributed by atoms with Crippen LogP contribution in [0.5, 0.6) is 28.7 Å². The topological polar surface area (TPSA) is 126 Å². The van der Waals surface area contributed by atoms with E-state index in [4.69, 9.17) is 0 Å². The van der Waals surface area contributed by atoms with Gasteiger partial charge < -0.3 is 45.5 Å². The largest absolute Gasteiger partial charge is 0.508 e. The van der Waals surface area contributed by atoms with Crippen molar-refractivity contribution < 1.29 is 25.5 Å². The lowest BCUT2D eigenvalue weighted by Gasteiger charge is -2.35. The van der Waals surface area contributed by atoms with Gasteiger partial charge in [0.25, 0.3) is 0 Å². The van der Waals surface area contributed by atoms with Crippen LogP contribution >= 0.6 is 11.3 Å². The molecule has 0 amide bonds. The molecular weight excluding hydrogens is 1140 g/mol. The summed E-state index contributed by atoms with van der Waals surface area (Å²) in [5, 5.41) is 54.9. The molecule has 11 rings (SSSR count). The SMILES string of the molecule is CCCN(CCC)[C@@H]1CCc2c(O)cccc2C1.CCCN(CCC)[C@@H]1CCc2ccc(O)cc2C1.CCCN(CCC)[C@@H]1CCc2cccc(O)c2C1.CCCN(CCc1cccs1)[C@@H]1CCc2c(O)cccc2C1.CCCN[C@@H]1CCc2c(O)cccc2C1. The fraction of sp³-hybridized carbons (Fsp3) is 0.575. The van der Waals surface area contributed by atoms with Crippen LogP contribution in [0, 0.1) is 0 Å². The van der Waals surface area contributed by atoms with Gasteiger partial charge in [-0.15, -0.1) is 11.3 Å². The second-order valence-corrected chi connectivity index (χ2v) is 27.6. The number of fused-ring (bicyclic) bond motifs is 5. The summed E-state index contributed by atoms with van der Waals surface area (Å²) in [6, 6.07) is 37.2. The number of phenolic OH excluding ortho intramolecular Hbond substituents is 5. The van der Waals surface area contributed by atoms with Gasteiger partial charge in [-0.3, -0.25) is 4.90 Å². The van der Waals surface area contributed by atoms with E-state index in [-0.39, 0.29) is 0 Å². The van der Waals surface area contributed by atoms with Crippen LogP contribution in [0.15, 0.2) is 109 Å². The number of aromatic hydroxyl groups is 5. The van der Waals surface area contributed by atoms with E-state index in [9.17, 15) is 25.5 Å². The normalized spacial score (nSPS) is 18.8. The minimum atomic E-state index is 0.409. The predicted molar refractivity (Wildman–Crippen MR) is 384 cm³/mol. The first-order valence-corrected chi connectivity index (χ1v) is 36.9. The van der Waals surface area contributed by atoms with E-state index >= 15 is 0 Å². The number of nitrogens with one attached hydrogen (secondary N) is 1. The highest BCUT2D eigenvalue weighted by Gasteiger charge is 2.29. The fourth-order valence-corrected chi connectivity index (χ4v) is 15.9. The van der Waals surface area contributed by atoms with Crippen LogP contribution < -0.4 is 5.32 Å². The van der Waals surface area contributed by atoms with E-state index in [0.717, 1.165) is 102 Å². The van der Waals surface area contributed by atoms with Crippen molar-refractivity contribution in [2.75, 3.05) is 58.9 Å². The Morgan fingerprint density at radius 3 is 1.21 bits per heavy atom. The number of benzene rings is 5. The van der Waals surface area contributed by atoms with Gasteiger partial charge in [-0.05, 0) is 310 Å². The van der Waals surface area contributed by atoms with E-state index in [1.165, 1.54) is 171 Å². The monoisotopic (exact) mass is 1260 g/mol. The van der Waals surface area contributed by atoms with Crippen LogP contribution in [0.3, 0.4) is 0 Å². The molecule has 500 valence electrons. The number of nitrogens with zero attached hydrogens (tertiary/aromatic N) is 4. The van der Waals surface area contributed by atoms with Gasteiger partial charge in [-0.25, -0.2) is 0 Å². The van der Waals surface area contributed by atoms with E-state index in [2.05, 4.69) is 128 Å². The molecule has 6 aromatic rings. The molecule has 10 nitrogen and oxygen atoms in total. The van der Waals surface area contributed by atoms with Gasteiger partial charge in [0, 0.05) is 41.6 Å². The molecule has 0 unspecified atom stereocenters. The Hall–Kier alpha value is -5.40. The van der Waals surface area contributed by atoms with E-state index in [1.54, 1.807) is 6.07 Å². The first-order valence-electron chi connectivity index (χ1n) is 36.1. The first-order chi connectivity index (χ1) is 44.3. The van der Waals surface area contributed by atoms with Gasteiger partial charge in [-0.2, -0.15) is 0 Å². The van der Waals surface area contributed by atoms with Crippen LogP contribution in [-0.4, -0.2) is 134 Å². The van der Waals surface area contributed by atoms with Crippen LogP contribution in [0.2, 0.25) is 0 Å². The zero-order valence-corrected chi connectivity index (χ0v) is 58.4. The molecule has 1 aromatic heterocycles. The molecule has 6 N–H and O–H groups in total. The van der Waals surface area contributed by atoms with Gasteiger partial charge in [-0.1, -0.05) is 116 Å². The standard InChI is InChI=1S/C19H25NOS.3C16H25NO.C13H19NO/c1-2-11-20(12-10-17-6-4-13-22-17)16-8-9-18-15(14-16)5-3-7-19(18)21;1-3-9-17(10-4-2)15-7-5-13-6-8-16(18)12-14(13)11-15;1-3-10-17(11-4-2)14-8-9-15-13(12-14)6-5-7-16(15)18;1-3-10-17(11-4-2)14-9-8-13-6-5-7-16(18)15(13)12-14;1-2-8-14-11-6-7-12-10(9-11)4-3-5-13(12)15/h3-7,13,16,21H,2,8-12,14H2,1H3;6,8,12,15,18H,3-5,7,9-11H2,1-2H3;2*5-7,14,18H,3-4,8-12H2,1-2H3;3-5,11,14-15H,2,6-9H2,1H3/t16-;15-;2*14-;11-/m11111/s1. The third kappa shape index (κ3) is 22.1. The van der Waals surface area contributed by atoms with Crippen molar-refractivity contribution in [3.63, 3.8) is 0 Å². The van der Waals surface area contributed by atoms with Crippen molar-refractivity contribution in [2.45, 2.75) is 240 Å². The third-order valence-corrected chi connectivity index (χ3v) is 20.6. The summed E-state index contributed by atoms with van der Waals surface area (Å²) in [7, 11) is 0. The van der Waals surface area contributed by atoms with Gasteiger partial charge in [0.15, 0.2) is 0 Å². The molecule has 11 heteroatoms. The molecule has 0 fully saturated rings. The number of aryl methyl sites for hydroxylation is 2. The number of hydrogen-bond donors (Lipinski definition) is 6. The summed E-state index contributed by atoms with van der Waals surface area (Å²) in [6.45, 7) is 28.6. The smallest absolute Gasteiger partial charge is 0.119 e. The highest BCUT2D eigenvalue weighted by atomic mass is 32.1. The Morgan fingerprint density at radius 2 is 0.758 bits per heavy atom. The molecule has 0 saturated carbocycles. The second kappa shape index (κ2) is 39.3. The summed E-state index contributed by atoms with van der Waals surface area (Å²) in [4.78, 5) is 12.0. The lowest BCUT2D eigenvalue weighted by molar-refractivity contribution is 0.179. The Balaban J connectivity index is 0.000000162. The van der Waals surface area contributed by atoms with Crippen LogP contribution in [-0.2, 0) is 70.6 Å². The molecule has 0 saturated heterocycles. The molecule has 5 aliphatic carbocycles. The highest BCUT2D eigenvalue weighted by Crippen LogP contribution is 2.35. The van der Waals surface area contributed by atoms with Crippen molar-refractivity contribution in [1.82, 2.24) is 24.9 Å². The number of rotatable bonds is 24. The zero-order chi connectivity index (χ0) is 64.9. The molecule has 1 heterocycles. The first kappa shape index (κ1) is 73.0. The minimum absolute atomic E-state index is 0.409. The molecule has 0 bridgehead atoms. The fourth-order valence-electron chi connectivity index (χ4n) is 15.2. The molecule has 5 aromatic carbocycles. The van der Waals surface area contributed by atoms with Crippen LogP contribution in [0.4, 0.5) is 0 Å². The average molecular weight is 1260 g/mol. The molecule has 0 aliphatic heterocycles. The third-order valence-electron chi connectivity index (χ3n) is 19.7. The predicted octanol–water partition coefficient (Wildman–Crippen LogP) is 16.6. The van der Waals surface area contributed by atoms with Gasteiger partial charge in [0.1, 0.15) is 28.7 Å². The van der Waals surface area contributed by atoms with Crippen molar-refractivity contribution >= 4 is 11.3 Å². The zero-order valence-electron chi connectivity index (χ0n) is 57.5. The maximum absolute atomic E-state index is 10.0. The van der Waals surface area contributed by atoms with Crippen molar-refractivity contribution in [3.8, 4) is 28.7 Å². The van der Waals surface area contributed by atoms with E-state index < -0.39 is 0 Å². The number of phenols is 5. The summed E-state index contributed by atoms with van der Waals surface area (Å²) in [6.07, 6.45) is 27.5. The van der Waals surface area contributed by atoms with Crippen molar-refractivity contribution in [1.29, 1.82) is 0 Å². The molecule has 5 aliphatic rings. The lowest BCUT2D eigenvalue weighted by atomic mass is 9.86. The van der Waals surface area contributed by atoms with E-state index in [0.29, 0.717) is 59.0 Å². The maximum atomic E-state index is 10.0. The number of hydrogen-bond acceptors (Lipinski definition) is 11. The molecule has 5 atom stereocenters. The van der Waals surface area contributed by atoms with Crippen LogP contribution in [0.1, 0.15) is 199 Å². The highest BCUT2D eigenvalue weighted by molar-refractivity contribution is 7.09. The average Bonchev–Trinajstić information content (AvgIpc) is 1.78. The summed E-state index contributed by atoms with van der Waals surface area (Å²) in [5.74, 6) is 2.35. The Kier molecular flexibility index (Phi) is 31.6. The molecule has 0 radical (unpaired) electrons. The van der Waals surface area contributed by atoms with Crippen LogP contribution in [0.25, 0.3) is 0 Å². The minimum Gasteiger partial charge on any atom is -0.508 e. The maximum Gasteiger partial charge on any atom is 0.119 e. The van der Waals surface area contributed by atoms with E-state index in [1.807, 2.05) is 65.9 Å². The Labute approximate surface area is 555 Å². The number of thiophene rings is 1. The molecule has 0 spiro atoms. The summed E-state index contributed by atoms with van der Waals surface area (Å²) >= 11 is 1.86. The summed E-state index contributed by atoms with van der Waals surface area (Å²) in [5.41, 5.74) is 12.8. The Morgan fingerprint density at radius 1 is 0.363 bits per heavy atom. The lowest BCUT2D eigenvalue weighted by Crippen LogP contribution is -2.41.